The lowest BCUT2D eigenvalue weighted by Crippen LogP contribution is -2.30. The molecule has 0 radical (unpaired) electrons. The predicted octanol–water partition coefficient (Wildman–Crippen LogP) is 4.45. The van der Waals surface area contributed by atoms with Crippen LogP contribution in [0.3, 0.4) is 0 Å². The minimum absolute atomic E-state index is 0.0635. The molecule has 0 spiro atoms. The number of fused-ring (bicyclic) bond motifs is 1. The summed E-state index contributed by atoms with van der Waals surface area (Å²) < 4.78 is 25.9. The van der Waals surface area contributed by atoms with Crippen LogP contribution in [0.4, 0.5) is 20.6 Å². The van der Waals surface area contributed by atoms with Crippen molar-refractivity contribution in [3.63, 3.8) is 0 Å². The number of carbonyl (C=O) groups is 2. The van der Waals surface area contributed by atoms with Gasteiger partial charge in [-0.1, -0.05) is 12.6 Å². The molecule has 3 N–H and O–H groups in total. The number of pyridine rings is 1. The van der Waals surface area contributed by atoms with Crippen molar-refractivity contribution in [2.75, 3.05) is 24.3 Å². The third-order valence-electron chi connectivity index (χ3n) is 5.15. The quantitative estimate of drug-likeness (QED) is 0.289. The highest BCUT2D eigenvalue weighted by Crippen LogP contribution is 2.35. The molecule has 11 heteroatoms. The van der Waals surface area contributed by atoms with Crippen molar-refractivity contribution in [3.05, 3.63) is 85.2 Å². The molecule has 4 rings (SSSR count). The Hall–Kier alpha value is -5.06. The van der Waals surface area contributed by atoms with Crippen LogP contribution in [0.25, 0.3) is 10.9 Å². The molecule has 188 valence electrons. The number of benzene rings is 2. The van der Waals surface area contributed by atoms with E-state index in [0.29, 0.717) is 35.3 Å². The number of halogens is 1. The molecule has 0 atom stereocenters. The minimum atomic E-state index is -0.716. The second-order valence-electron chi connectivity index (χ2n) is 7.64. The van der Waals surface area contributed by atoms with E-state index in [-0.39, 0.29) is 17.3 Å². The normalized spacial score (nSPS) is 10.4. The molecule has 2 aromatic carbocycles. The van der Waals surface area contributed by atoms with E-state index in [2.05, 4.69) is 37.5 Å². The molecule has 0 aliphatic carbocycles. The van der Waals surface area contributed by atoms with E-state index in [1.807, 2.05) is 18.2 Å². The van der Waals surface area contributed by atoms with Gasteiger partial charge in [0, 0.05) is 42.7 Å². The molecule has 37 heavy (non-hydrogen) atoms. The van der Waals surface area contributed by atoms with Gasteiger partial charge in [-0.15, -0.1) is 0 Å². The van der Waals surface area contributed by atoms with Crippen LogP contribution in [0.15, 0.2) is 73.7 Å². The number of methoxy groups -OCH3 is 1. The molecular formula is C26H23FN6O4. The Morgan fingerprint density at radius 2 is 1.92 bits per heavy atom. The summed E-state index contributed by atoms with van der Waals surface area (Å²) in [6.07, 6.45) is 4.63. The standard InChI is InChI=1S/C26H23FN6O4/c1-3-24(34)33-21-13-18-20(14-23(21)36-2)30-15-31-25(18)37-22-8-7-17(12-19(22)27)32-26(35)29-11-9-16-6-4-5-10-28-16/h3-8,10,12-15H,1,9,11H2,2H3,(H,33,34)(H2,29,32,35). The maximum Gasteiger partial charge on any atom is 0.319 e. The Morgan fingerprint density at radius 3 is 2.65 bits per heavy atom. The molecular weight excluding hydrogens is 479 g/mol. The summed E-state index contributed by atoms with van der Waals surface area (Å²) in [7, 11) is 1.45. The van der Waals surface area contributed by atoms with Gasteiger partial charge in [0.15, 0.2) is 11.6 Å². The minimum Gasteiger partial charge on any atom is -0.494 e. The van der Waals surface area contributed by atoms with E-state index >= 15 is 0 Å². The average molecular weight is 503 g/mol. The van der Waals surface area contributed by atoms with Crippen molar-refractivity contribution >= 4 is 34.2 Å². The summed E-state index contributed by atoms with van der Waals surface area (Å²) in [4.78, 5) is 36.5. The number of amides is 3. The molecule has 0 bridgehead atoms. The van der Waals surface area contributed by atoms with E-state index in [0.717, 1.165) is 17.8 Å². The lowest BCUT2D eigenvalue weighted by molar-refractivity contribution is -0.111. The molecule has 0 aliphatic rings. The van der Waals surface area contributed by atoms with Gasteiger partial charge in [0.05, 0.1) is 23.7 Å². The number of urea groups is 1. The Kier molecular flexibility index (Phi) is 7.84. The molecule has 10 nitrogen and oxygen atoms in total. The van der Waals surface area contributed by atoms with Gasteiger partial charge in [-0.3, -0.25) is 9.78 Å². The van der Waals surface area contributed by atoms with Crippen LogP contribution in [-0.2, 0) is 11.2 Å². The Morgan fingerprint density at radius 1 is 1.05 bits per heavy atom. The van der Waals surface area contributed by atoms with Crippen molar-refractivity contribution in [3.8, 4) is 17.4 Å². The second-order valence-corrected chi connectivity index (χ2v) is 7.64. The first-order valence-electron chi connectivity index (χ1n) is 11.1. The summed E-state index contributed by atoms with van der Waals surface area (Å²) in [6, 6.07) is 12.2. The summed E-state index contributed by atoms with van der Waals surface area (Å²) >= 11 is 0. The van der Waals surface area contributed by atoms with Crippen LogP contribution in [0.1, 0.15) is 5.69 Å². The van der Waals surface area contributed by atoms with Gasteiger partial charge >= 0.3 is 6.03 Å². The summed E-state index contributed by atoms with van der Waals surface area (Å²) in [5.41, 5.74) is 1.89. The molecule has 4 aromatic rings. The maximum absolute atomic E-state index is 14.8. The number of hydrogen-bond acceptors (Lipinski definition) is 7. The van der Waals surface area contributed by atoms with E-state index in [9.17, 15) is 14.0 Å². The van der Waals surface area contributed by atoms with E-state index in [1.165, 1.54) is 25.6 Å². The number of nitrogens with zero attached hydrogens (tertiary/aromatic N) is 3. The first kappa shape index (κ1) is 25.0. The van der Waals surface area contributed by atoms with E-state index < -0.39 is 17.8 Å². The zero-order valence-electron chi connectivity index (χ0n) is 19.8. The summed E-state index contributed by atoms with van der Waals surface area (Å²) in [5.74, 6) is -0.840. The Labute approximate surface area is 211 Å². The number of nitrogens with one attached hydrogen (secondary N) is 3. The molecule has 0 unspecified atom stereocenters. The number of ether oxygens (including phenoxy) is 2. The first-order valence-corrected chi connectivity index (χ1v) is 11.1. The first-order chi connectivity index (χ1) is 18.0. The maximum atomic E-state index is 14.8. The number of carbonyl (C=O) groups excluding carboxylic acids is 2. The fourth-order valence-electron chi connectivity index (χ4n) is 3.38. The fraction of sp³-hybridized carbons (Fsp3) is 0.115. The number of anilines is 2. The van der Waals surface area contributed by atoms with Crippen LogP contribution in [0, 0.1) is 5.82 Å². The van der Waals surface area contributed by atoms with Gasteiger partial charge in [-0.2, -0.15) is 0 Å². The molecule has 2 aromatic heterocycles. The van der Waals surface area contributed by atoms with Gasteiger partial charge in [0.1, 0.15) is 12.1 Å². The molecule has 0 fully saturated rings. The van der Waals surface area contributed by atoms with E-state index in [1.54, 1.807) is 18.3 Å². The Bertz CT molecular complexity index is 1450. The smallest absolute Gasteiger partial charge is 0.319 e. The predicted molar refractivity (Wildman–Crippen MR) is 136 cm³/mol. The van der Waals surface area contributed by atoms with Crippen molar-refractivity contribution in [2.45, 2.75) is 6.42 Å². The van der Waals surface area contributed by atoms with Crippen molar-refractivity contribution in [2.24, 2.45) is 0 Å². The second kappa shape index (κ2) is 11.6. The SMILES string of the molecule is C=CC(=O)Nc1cc2c(Oc3ccc(NC(=O)NCCc4ccccn4)cc3F)ncnc2cc1OC. The lowest BCUT2D eigenvalue weighted by Gasteiger charge is -2.13. The molecule has 0 saturated carbocycles. The van der Waals surface area contributed by atoms with Crippen LogP contribution in [0.5, 0.6) is 17.4 Å². The summed E-state index contributed by atoms with van der Waals surface area (Å²) in [5, 5.41) is 8.33. The topological polar surface area (TPSA) is 127 Å². The van der Waals surface area contributed by atoms with Crippen molar-refractivity contribution in [1.29, 1.82) is 0 Å². The van der Waals surface area contributed by atoms with Crippen LogP contribution in [0.2, 0.25) is 0 Å². The van der Waals surface area contributed by atoms with Crippen molar-refractivity contribution in [1.82, 2.24) is 20.3 Å². The number of aromatic nitrogens is 3. The molecule has 0 aliphatic heterocycles. The molecule has 2 heterocycles. The zero-order valence-corrected chi connectivity index (χ0v) is 19.8. The highest BCUT2D eigenvalue weighted by molar-refractivity contribution is 6.02. The third kappa shape index (κ3) is 6.34. The average Bonchev–Trinajstić information content (AvgIpc) is 2.90. The molecule has 3 amide bonds. The van der Waals surface area contributed by atoms with Gasteiger partial charge in [-0.25, -0.2) is 19.2 Å². The largest absolute Gasteiger partial charge is 0.494 e. The van der Waals surface area contributed by atoms with E-state index in [4.69, 9.17) is 9.47 Å². The molecule has 0 saturated heterocycles. The summed E-state index contributed by atoms with van der Waals surface area (Å²) in [6.45, 7) is 3.80. The number of rotatable bonds is 9. The van der Waals surface area contributed by atoms with Crippen LogP contribution >= 0.6 is 0 Å². The zero-order chi connectivity index (χ0) is 26.2. The highest BCUT2D eigenvalue weighted by atomic mass is 19.1. The fourth-order valence-corrected chi connectivity index (χ4v) is 3.38. The Balaban J connectivity index is 1.46. The monoisotopic (exact) mass is 502 g/mol. The highest BCUT2D eigenvalue weighted by Gasteiger charge is 2.15. The van der Waals surface area contributed by atoms with Crippen LogP contribution < -0.4 is 25.4 Å². The lowest BCUT2D eigenvalue weighted by atomic mass is 10.2. The van der Waals surface area contributed by atoms with Crippen LogP contribution in [-0.4, -0.2) is 40.5 Å². The van der Waals surface area contributed by atoms with Gasteiger partial charge < -0.3 is 25.4 Å². The third-order valence-corrected chi connectivity index (χ3v) is 5.15. The van der Waals surface area contributed by atoms with Crippen molar-refractivity contribution < 1.29 is 23.5 Å². The van der Waals surface area contributed by atoms with Gasteiger partial charge in [0.25, 0.3) is 0 Å². The van der Waals surface area contributed by atoms with Gasteiger partial charge in [-0.05, 0) is 36.4 Å². The number of hydrogen-bond donors (Lipinski definition) is 3. The van der Waals surface area contributed by atoms with Gasteiger partial charge in [0.2, 0.25) is 11.8 Å².